The third-order valence-corrected chi connectivity index (χ3v) is 2.39. The van der Waals surface area contributed by atoms with Gasteiger partial charge in [0.05, 0.1) is 6.61 Å². The first-order chi connectivity index (χ1) is 8.07. The molecule has 0 spiro atoms. The molecule has 0 aromatic rings. The number of hydrogen-bond donors (Lipinski definition) is 1. The number of esters is 1. The van der Waals surface area contributed by atoms with Gasteiger partial charge in [0.15, 0.2) is 5.76 Å². The number of ether oxygens (including phenoxy) is 1. The van der Waals surface area contributed by atoms with Crippen molar-refractivity contribution < 1.29 is 19.4 Å². The third kappa shape index (κ3) is 9.60. The second kappa shape index (κ2) is 9.87. The largest absolute Gasteiger partial charge is 0.505 e. The summed E-state index contributed by atoms with van der Waals surface area (Å²) in [5.41, 5.74) is 0. The fourth-order valence-corrected chi connectivity index (χ4v) is 1.35. The van der Waals surface area contributed by atoms with Crippen molar-refractivity contribution in [3.05, 3.63) is 12.3 Å². The summed E-state index contributed by atoms with van der Waals surface area (Å²) in [7, 11) is 0. The fraction of sp³-hybridized carbons (Fsp3) is 0.692. The van der Waals surface area contributed by atoms with Gasteiger partial charge in [-0.1, -0.05) is 45.6 Å². The molecule has 17 heavy (non-hydrogen) atoms. The minimum Gasteiger partial charge on any atom is -0.505 e. The minimum atomic E-state index is -0.682. The van der Waals surface area contributed by atoms with Gasteiger partial charge >= 0.3 is 5.97 Å². The van der Waals surface area contributed by atoms with Crippen molar-refractivity contribution in [1.29, 1.82) is 0 Å². The number of ketones is 1. The lowest BCUT2D eigenvalue weighted by molar-refractivity contribution is -0.146. The Morgan fingerprint density at radius 1 is 1.12 bits per heavy atom. The molecule has 0 bridgehead atoms. The van der Waals surface area contributed by atoms with Crippen LogP contribution in [-0.4, -0.2) is 23.5 Å². The smallest absolute Gasteiger partial charge is 0.313 e. The van der Waals surface area contributed by atoms with Crippen LogP contribution in [0.15, 0.2) is 12.3 Å². The quantitative estimate of drug-likeness (QED) is 0.161. The van der Waals surface area contributed by atoms with Crippen molar-refractivity contribution in [3.8, 4) is 0 Å². The maximum Gasteiger partial charge on any atom is 0.313 e. The Labute approximate surface area is 103 Å². The average molecular weight is 247 g/mol. The van der Waals surface area contributed by atoms with E-state index in [2.05, 4.69) is 13.5 Å². The van der Waals surface area contributed by atoms with E-state index in [1.54, 1.807) is 0 Å². The molecule has 0 fully saturated rings. The monoisotopic (exact) mass is 247 g/mol. The number of rotatable bonds is 10. The summed E-state index contributed by atoms with van der Waals surface area (Å²) in [4.78, 5) is 22.0. The van der Waals surface area contributed by atoms with Crippen molar-refractivity contribution >= 4 is 11.8 Å². The lowest BCUT2D eigenvalue weighted by atomic mass is 10.1. The van der Waals surface area contributed by atoms with E-state index in [0.717, 1.165) is 19.3 Å². The van der Waals surface area contributed by atoms with Crippen molar-refractivity contribution in [3.63, 3.8) is 0 Å². The van der Waals surface area contributed by atoms with Crippen LogP contribution in [0.5, 0.6) is 0 Å². The van der Waals surface area contributed by atoms with Gasteiger partial charge in [0, 0.05) is 0 Å². The summed E-state index contributed by atoms with van der Waals surface area (Å²) in [5.74, 6) is -1.88. The van der Waals surface area contributed by atoms with Gasteiger partial charge in [0.25, 0.3) is 0 Å². The second-order valence-electron chi connectivity index (χ2n) is 4.03. The number of carbonyl (C=O) groups excluding carboxylic acids is 2. The SMILES string of the molecule is CCCCCCCCO[13C](=O)[13CH2][13C](=O)[13C](=[13CH2])O. The number of Topliss-reactive ketones (excluding diaryl/α,β-unsaturated/α-hetero) is 1. The molecule has 0 aliphatic heterocycles. The van der Waals surface area contributed by atoms with Crippen LogP contribution < -0.4 is 0 Å². The standard InChI is InChI=1S/C13H22O4/c1-3-4-5-6-7-8-9-17-13(16)10-12(15)11(2)14/h14H,2-10H2,1H3/i2+1,10+1,11+1,12+1,13+1. The summed E-state index contributed by atoms with van der Waals surface area (Å²) < 4.78 is 4.86. The van der Waals surface area contributed by atoms with Gasteiger partial charge in [-0.3, -0.25) is 9.59 Å². The van der Waals surface area contributed by atoms with Crippen LogP contribution in [0.4, 0.5) is 0 Å². The van der Waals surface area contributed by atoms with E-state index in [9.17, 15) is 9.59 Å². The fourth-order valence-electron chi connectivity index (χ4n) is 1.35. The second-order valence-corrected chi connectivity index (χ2v) is 4.03. The molecule has 0 rings (SSSR count). The zero-order valence-electron chi connectivity index (χ0n) is 10.5. The molecule has 0 amide bonds. The van der Waals surface area contributed by atoms with Gasteiger partial charge < -0.3 is 9.84 Å². The summed E-state index contributed by atoms with van der Waals surface area (Å²) in [6, 6.07) is 0. The van der Waals surface area contributed by atoms with Gasteiger partial charge in [-0.15, -0.1) is 0 Å². The summed E-state index contributed by atoms with van der Waals surface area (Å²) in [5, 5.41) is 8.71. The first-order valence-electron chi connectivity index (χ1n) is 6.14. The van der Waals surface area contributed by atoms with Crippen LogP contribution in [-0.2, 0) is 14.3 Å². The van der Waals surface area contributed by atoms with Crippen molar-refractivity contribution in [2.45, 2.75) is 51.9 Å². The third-order valence-electron chi connectivity index (χ3n) is 2.39. The molecule has 0 aromatic carbocycles. The highest BCUT2D eigenvalue weighted by Gasteiger charge is 2.12. The molecule has 4 nitrogen and oxygen atoms in total. The van der Waals surface area contributed by atoms with Crippen LogP contribution in [0.1, 0.15) is 51.9 Å². The zero-order chi connectivity index (χ0) is 13.1. The summed E-state index contributed by atoms with van der Waals surface area (Å²) in [6.07, 6.45) is 6.25. The van der Waals surface area contributed by atoms with Gasteiger partial charge in [-0.25, -0.2) is 0 Å². The van der Waals surface area contributed by atoms with Crippen LogP contribution in [0.25, 0.3) is 0 Å². The zero-order valence-corrected chi connectivity index (χ0v) is 10.5. The number of hydrogen-bond acceptors (Lipinski definition) is 4. The van der Waals surface area contributed by atoms with Crippen LogP contribution >= 0.6 is 0 Å². The Hall–Kier alpha value is -1.32. The number of allylic oxidation sites excluding steroid dienone is 1. The average Bonchev–Trinajstić information content (AvgIpc) is 2.27. The van der Waals surface area contributed by atoms with Crippen LogP contribution in [0, 0.1) is 0 Å². The molecule has 0 aromatic heterocycles. The van der Waals surface area contributed by atoms with E-state index in [4.69, 9.17) is 9.84 Å². The Balaban J connectivity index is 3.39. The van der Waals surface area contributed by atoms with Gasteiger partial charge in [-0.05, 0) is 6.42 Å². The van der Waals surface area contributed by atoms with Crippen LogP contribution in [0.2, 0.25) is 0 Å². The Bertz CT molecular complexity index is 258. The molecular formula is C13H22O4. The minimum absolute atomic E-state index is 0.343. The Morgan fingerprint density at radius 2 is 1.71 bits per heavy atom. The number of unbranched alkanes of at least 4 members (excludes halogenated alkanes) is 5. The van der Waals surface area contributed by atoms with Gasteiger partial charge in [0.2, 0.25) is 5.78 Å². The summed E-state index contributed by atoms with van der Waals surface area (Å²) >= 11 is 0. The van der Waals surface area contributed by atoms with Crippen molar-refractivity contribution in [2.75, 3.05) is 6.61 Å². The van der Waals surface area contributed by atoms with E-state index < -0.39 is 23.9 Å². The first kappa shape index (κ1) is 15.7. The highest BCUT2D eigenvalue weighted by molar-refractivity contribution is 6.03. The Kier molecular flexibility index (Phi) is 9.11. The normalized spacial score (nSPS) is 9.94. The lowest BCUT2D eigenvalue weighted by Gasteiger charge is -2.04. The van der Waals surface area contributed by atoms with E-state index in [-0.39, 0.29) is 0 Å². The van der Waals surface area contributed by atoms with E-state index in [0.29, 0.717) is 6.61 Å². The highest BCUT2D eigenvalue weighted by atomic mass is 16.6. The van der Waals surface area contributed by atoms with E-state index in [1.807, 2.05) is 0 Å². The summed E-state index contributed by atoms with van der Waals surface area (Å²) in [6.45, 7) is 5.55. The molecule has 0 aliphatic carbocycles. The number of carbonyl (C=O) groups is 2. The van der Waals surface area contributed by atoms with Gasteiger partial charge in [0.1, 0.15) is 6.42 Å². The van der Waals surface area contributed by atoms with Gasteiger partial charge in [-0.2, -0.15) is 0 Å². The van der Waals surface area contributed by atoms with Crippen LogP contribution in [0.3, 0.4) is 0 Å². The van der Waals surface area contributed by atoms with E-state index in [1.165, 1.54) is 19.3 Å². The molecule has 0 saturated carbocycles. The predicted octanol–water partition coefficient (Wildman–Crippen LogP) is 2.92. The highest BCUT2D eigenvalue weighted by Crippen LogP contribution is 2.05. The van der Waals surface area contributed by atoms with E-state index >= 15 is 0 Å². The molecule has 0 heterocycles. The molecule has 0 unspecified atom stereocenters. The lowest BCUT2D eigenvalue weighted by Crippen LogP contribution is -2.13. The van der Waals surface area contributed by atoms with Crippen molar-refractivity contribution in [2.24, 2.45) is 0 Å². The molecular weight excluding hydrogens is 225 g/mol. The number of aliphatic hydroxyl groups excluding tert-OH is 1. The molecule has 1 N–H and O–H groups in total. The molecule has 4 heteroatoms. The predicted molar refractivity (Wildman–Crippen MR) is 65.7 cm³/mol. The maximum atomic E-state index is 11.1. The molecule has 98 valence electrons. The molecule has 0 atom stereocenters. The first-order valence-corrected chi connectivity index (χ1v) is 6.14. The number of aliphatic hydroxyl groups is 1. The Morgan fingerprint density at radius 3 is 2.29 bits per heavy atom. The molecule has 0 aliphatic rings. The van der Waals surface area contributed by atoms with Crippen molar-refractivity contribution in [1.82, 2.24) is 0 Å². The molecule has 0 saturated heterocycles. The molecule has 0 radical (unpaired) electrons. The topological polar surface area (TPSA) is 63.6 Å². The maximum absolute atomic E-state index is 11.1.